The van der Waals surface area contributed by atoms with E-state index in [0.29, 0.717) is 5.56 Å². The molecule has 0 spiro atoms. The fraction of sp³-hybridized carbons (Fsp3) is 0.133. The highest BCUT2D eigenvalue weighted by molar-refractivity contribution is 6.33. The third kappa shape index (κ3) is 3.14. The van der Waals surface area contributed by atoms with Crippen LogP contribution < -0.4 is 0 Å². The molecule has 5 heteroatoms. The summed E-state index contributed by atoms with van der Waals surface area (Å²) in [5.74, 6) is -1.28. The number of carbonyl (C=O) groups excluding carboxylic acids is 1. The van der Waals surface area contributed by atoms with Gasteiger partial charge in [-0.3, -0.25) is 4.79 Å². The fourth-order valence-electron chi connectivity index (χ4n) is 1.82. The van der Waals surface area contributed by atoms with Crippen molar-refractivity contribution in [2.24, 2.45) is 0 Å². The molecule has 0 unspecified atom stereocenters. The third-order valence-electron chi connectivity index (χ3n) is 2.87. The number of amides is 1. The minimum Gasteiger partial charge on any atom is -0.337 e. The van der Waals surface area contributed by atoms with Gasteiger partial charge in [0.2, 0.25) is 0 Å². The van der Waals surface area contributed by atoms with Crippen LogP contribution in [-0.2, 0) is 6.54 Å². The van der Waals surface area contributed by atoms with E-state index >= 15 is 0 Å². The van der Waals surface area contributed by atoms with E-state index in [-0.39, 0.29) is 22.9 Å². The van der Waals surface area contributed by atoms with Crippen LogP contribution in [-0.4, -0.2) is 17.9 Å². The number of hydrogen-bond acceptors (Lipinski definition) is 1. The lowest BCUT2D eigenvalue weighted by Crippen LogP contribution is -2.26. The zero-order valence-electron chi connectivity index (χ0n) is 10.7. The van der Waals surface area contributed by atoms with Gasteiger partial charge in [-0.05, 0) is 24.3 Å². The molecule has 2 aromatic carbocycles. The second-order valence-corrected chi connectivity index (χ2v) is 4.78. The molecule has 0 fully saturated rings. The first-order valence-corrected chi connectivity index (χ1v) is 6.31. The monoisotopic (exact) mass is 295 g/mol. The van der Waals surface area contributed by atoms with Crippen molar-refractivity contribution < 1.29 is 13.6 Å². The largest absolute Gasteiger partial charge is 0.337 e. The van der Waals surface area contributed by atoms with Crippen molar-refractivity contribution in [1.29, 1.82) is 0 Å². The lowest BCUT2D eigenvalue weighted by Gasteiger charge is -2.18. The summed E-state index contributed by atoms with van der Waals surface area (Å²) in [5.41, 5.74) is 0.591. The summed E-state index contributed by atoms with van der Waals surface area (Å²) >= 11 is 5.84. The van der Waals surface area contributed by atoms with Crippen LogP contribution in [0.2, 0.25) is 5.02 Å². The van der Waals surface area contributed by atoms with Crippen LogP contribution in [0.15, 0.2) is 42.5 Å². The van der Waals surface area contributed by atoms with Gasteiger partial charge in [0.1, 0.15) is 11.6 Å². The minimum atomic E-state index is -0.511. The molecule has 0 N–H and O–H groups in total. The van der Waals surface area contributed by atoms with Gasteiger partial charge < -0.3 is 4.90 Å². The molecule has 0 aromatic heterocycles. The Balaban J connectivity index is 2.19. The number of hydrogen-bond donors (Lipinski definition) is 0. The molecule has 0 aliphatic heterocycles. The van der Waals surface area contributed by atoms with Gasteiger partial charge in [0.05, 0.1) is 10.6 Å². The summed E-state index contributed by atoms with van der Waals surface area (Å²) in [5, 5.41) is 0.0374. The smallest absolute Gasteiger partial charge is 0.255 e. The van der Waals surface area contributed by atoms with Gasteiger partial charge in [0.25, 0.3) is 5.91 Å². The molecule has 0 aliphatic rings. The van der Waals surface area contributed by atoms with E-state index in [0.717, 1.165) is 12.1 Å². The molecular formula is C15H12ClF2NO. The molecule has 0 saturated heterocycles. The van der Waals surface area contributed by atoms with Crippen molar-refractivity contribution in [3.05, 3.63) is 70.2 Å². The van der Waals surface area contributed by atoms with Gasteiger partial charge in [-0.2, -0.15) is 0 Å². The molecule has 104 valence electrons. The number of benzene rings is 2. The van der Waals surface area contributed by atoms with Crippen LogP contribution in [0, 0.1) is 11.6 Å². The highest BCUT2D eigenvalue weighted by atomic mass is 35.5. The van der Waals surface area contributed by atoms with Gasteiger partial charge in [-0.25, -0.2) is 8.78 Å². The van der Waals surface area contributed by atoms with E-state index in [4.69, 9.17) is 11.6 Å². The Hall–Kier alpha value is -1.94. The van der Waals surface area contributed by atoms with Gasteiger partial charge in [0, 0.05) is 19.2 Å². The summed E-state index contributed by atoms with van der Waals surface area (Å²) in [6.07, 6.45) is 0. The summed E-state index contributed by atoms with van der Waals surface area (Å²) in [4.78, 5) is 13.5. The van der Waals surface area contributed by atoms with Crippen LogP contribution in [0.1, 0.15) is 15.9 Å². The second kappa shape index (κ2) is 6.01. The van der Waals surface area contributed by atoms with Crippen LogP contribution in [0.3, 0.4) is 0 Å². The van der Waals surface area contributed by atoms with Crippen LogP contribution in [0.25, 0.3) is 0 Å². The molecule has 20 heavy (non-hydrogen) atoms. The molecule has 2 aromatic rings. The zero-order valence-corrected chi connectivity index (χ0v) is 11.5. The van der Waals surface area contributed by atoms with Crippen molar-refractivity contribution in [2.75, 3.05) is 7.05 Å². The SMILES string of the molecule is CN(Cc1ccccc1F)C(=O)c1ccc(F)cc1Cl. The lowest BCUT2D eigenvalue weighted by atomic mass is 10.1. The molecular weight excluding hydrogens is 284 g/mol. The molecule has 0 radical (unpaired) electrons. The highest BCUT2D eigenvalue weighted by Gasteiger charge is 2.16. The number of nitrogens with zero attached hydrogens (tertiary/aromatic N) is 1. The summed E-state index contributed by atoms with van der Waals surface area (Å²) < 4.78 is 26.5. The maximum atomic E-state index is 13.5. The Morgan fingerprint density at radius 3 is 2.55 bits per heavy atom. The summed E-state index contributed by atoms with van der Waals surface area (Å²) in [6, 6.07) is 9.77. The van der Waals surface area contributed by atoms with Crippen molar-refractivity contribution >= 4 is 17.5 Å². The van der Waals surface area contributed by atoms with Gasteiger partial charge >= 0.3 is 0 Å². The molecule has 0 saturated carbocycles. The van der Waals surface area contributed by atoms with Crippen LogP contribution >= 0.6 is 11.6 Å². The molecule has 0 bridgehead atoms. The predicted molar refractivity (Wildman–Crippen MR) is 73.6 cm³/mol. The average molecular weight is 296 g/mol. The first kappa shape index (κ1) is 14.5. The van der Waals surface area contributed by atoms with Crippen molar-refractivity contribution in [2.45, 2.75) is 6.54 Å². The Morgan fingerprint density at radius 2 is 1.90 bits per heavy atom. The molecule has 2 rings (SSSR count). The third-order valence-corrected chi connectivity index (χ3v) is 3.19. The Kier molecular flexibility index (Phi) is 4.35. The summed E-state index contributed by atoms with van der Waals surface area (Å²) in [7, 11) is 1.54. The Labute approximate surface area is 120 Å². The van der Waals surface area contributed by atoms with Crippen molar-refractivity contribution in [1.82, 2.24) is 4.90 Å². The topological polar surface area (TPSA) is 20.3 Å². The highest BCUT2D eigenvalue weighted by Crippen LogP contribution is 2.20. The predicted octanol–water partition coefficient (Wildman–Crippen LogP) is 3.89. The van der Waals surface area contributed by atoms with E-state index < -0.39 is 11.7 Å². The molecule has 0 aliphatic carbocycles. The van der Waals surface area contributed by atoms with E-state index in [1.54, 1.807) is 18.2 Å². The number of carbonyl (C=O) groups is 1. The van der Waals surface area contributed by atoms with E-state index in [1.165, 1.54) is 24.1 Å². The molecule has 2 nitrogen and oxygen atoms in total. The number of rotatable bonds is 3. The second-order valence-electron chi connectivity index (χ2n) is 4.38. The average Bonchev–Trinajstić information content (AvgIpc) is 2.40. The van der Waals surface area contributed by atoms with Gasteiger partial charge in [0.15, 0.2) is 0 Å². The minimum absolute atomic E-state index is 0.0374. The van der Waals surface area contributed by atoms with Crippen molar-refractivity contribution in [3.63, 3.8) is 0 Å². The lowest BCUT2D eigenvalue weighted by molar-refractivity contribution is 0.0784. The maximum Gasteiger partial charge on any atom is 0.255 e. The van der Waals surface area contributed by atoms with Crippen LogP contribution in [0.4, 0.5) is 8.78 Å². The van der Waals surface area contributed by atoms with E-state index in [2.05, 4.69) is 0 Å². The molecule has 0 heterocycles. The standard InChI is InChI=1S/C15H12ClF2NO/c1-19(9-10-4-2-3-5-14(10)18)15(20)12-7-6-11(17)8-13(12)16/h2-8H,9H2,1H3. The zero-order chi connectivity index (χ0) is 14.7. The van der Waals surface area contributed by atoms with Crippen LogP contribution in [0.5, 0.6) is 0 Å². The normalized spacial score (nSPS) is 10.4. The summed E-state index contributed by atoms with van der Waals surface area (Å²) in [6.45, 7) is 0.110. The van der Waals surface area contributed by atoms with E-state index in [9.17, 15) is 13.6 Å². The quantitative estimate of drug-likeness (QED) is 0.841. The molecule has 1 amide bonds. The Bertz CT molecular complexity index is 646. The first-order valence-electron chi connectivity index (χ1n) is 5.93. The first-order chi connectivity index (χ1) is 9.49. The van der Waals surface area contributed by atoms with Gasteiger partial charge in [-0.1, -0.05) is 29.8 Å². The van der Waals surface area contributed by atoms with Gasteiger partial charge in [-0.15, -0.1) is 0 Å². The maximum absolute atomic E-state index is 13.5. The Morgan fingerprint density at radius 1 is 1.20 bits per heavy atom. The number of halogens is 3. The van der Waals surface area contributed by atoms with Crippen molar-refractivity contribution in [3.8, 4) is 0 Å². The fourth-order valence-corrected chi connectivity index (χ4v) is 2.07. The van der Waals surface area contributed by atoms with E-state index in [1.807, 2.05) is 0 Å². The molecule has 0 atom stereocenters.